The molecule has 1 aromatic rings. The normalized spacial score (nSPS) is 10.5. The highest BCUT2D eigenvalue weighted by atomic mass is 35.5. The van der Waals surface area contributed by atoms with Gasteiger partial charge in [-0.1, -0.05) is 23.8 Å². The lowest BCUT2D eigenvalue weighted by molar-refractivity contribution is -0.139. The summed E-state index contributed by atoms with van der Waals surface area (Å²) in [4.78, 5) is 25.5. The second kappa shape index (κ2) is 6.00. The zero-order chi connectivity index (χ0) is 12.8. The van der Waals surface area contributed by atoms with E-state index in [0.29, 0.717) is 5.56 Å². The molecule has 0 aliphatic rings. The highest BCUT2D eigenvalue weighted by molar-refractivity contribution is 6.29. The van der Waals surface area contributed by atoms with Crippen LogP contribution >= 0.6 is 11.6 Å². The topological polar surface area (TPSA) is 76.5 Å². The first kappa shape index (κ1) is 13.2. The Hall–Kier alpha value is -1.88. The van der Waals surface area contributed by atoms with Crippen LogP contribution in [0.5, 0.6) is 0 Å². The first-order valence-electron chi connectivity index (χ1n) is 4.66. The average molecular weight is 256 g/mol. The Morgan fingerprint density at radius 3 is 2.88 bits per heavy atom. The number of methoxy groups -OCH3 is 1. The fourth-order valence-corrected chi connectivity index (χ4v) is 1.28. The first-order chi connectivity index (χ1) is 8.04. The summed E-state index contributed by atoms with van der Waals surface area (Å²) in [6.45, 7) is 0. The Kier molecular flexibility index (Phi) is 4.66. The largest absolute Gasteiger partial charge is 0.478 e. The molecule has 17 heavy (non-hydrogen) atoms. The van der Waals surface area contributed by atoms with Crippen molar-refractivity contribution in [3.05, 3.63) is 34.6 Å². The van der Waals surface area contributed by atoms with E-state index in [-0.39, 0.29) is 17.1 Å². The fraction of sp³-hybridized carbons (Fsp3) is 0.182. The number of carboxylic acids is 1. The number of aromatic carboxylic acids is 1. The van der Waals surface area contributed by atoms with Crippen molar-refractivity contribution in [1.82, 2.24) is 4.98 Å². The van der Waals surface area contributed by atoms with Crippen LogP contribution in [0.15, 0.2) is 18.3 Å². The number of halogens is 1. The van der Waals surface area contributed by atoms with Gasteiger partial charge >= 0.3 is 11.9 Å². The zero-order valence-electron chi connectivity index (χ0n) is 9.01. The van der Waals surface area contributed by atoms with Crippen LogP contribution in [-0.4, -0.2) is 29.1 Å². The number of hydrogen-bond acceptors (Lipinski definition) is 4. The van der Waals surface area contributed by atoms with Crippen molar-refractivity contribution in [2.75, 3.05) is 7.11 Å². The molecule has 0 spiro atoms. The summed E-state index contributed by atoms with van der Waals surface area (Å²) in [5, 5.41) is 9.04. The molecule has 0 radical (unpaired) electrons. The maximum absolute atomic E-state index is 10.9. The summed E-state index contributed by atoms with van der Waals surface area (Å²) in [5.41, 5.74) is 0.414. The predicted octanol–water partition coefficient (Wildman–Crippen LogP) is 2.01. The SMILES string of the molecule is COC(=O)CC=Cc1cnc(Cl)cc1C(=O)O. The number of hydrogen-bond donors (Lipinski definition) is 1. The second-order valence-electron chi connectivity index (χ2n) is 3.08. The highest BCUT2D eigenvalue weighted by Crippen LogP contribution is 2.15. The van der Waals surface area contributed by atoms with Crippen molar-refractivity contribution >= 4 is 29.6 Å². The quantitative estimate of drug-likeness (QED) is 0.658. The average Bonchev–Trinajstić information content (AvgIpc) is 2.30. The van der Waals surface area contributed by atoms with Crippen molar-refractivity contribution in [2.24, 2.45) is 0 Å². The number of rotatable bonds is 4. The number of carbonyl (C=O) groups is 2. The summed E-state index contributed by atoms with van der Waals surface area (Å²) in [7, 11) is 1.28. The fourth-order valence-electron chi connectivity index (χ4n) is 1.12. The summed E-state index contributed by atoms with van der Waals surface area (Å²) in [6.07, 6.45) is 4.39. The number of pyridine rings is 1. The maximum Gasteiger partial charge on any atom is 0.336 e. The van der Waals surface area contributed by atoms with Gasteiger partial charge in [0, 0.05) is 11.8 Å². The van der Waals surface area contributed by atoms with Gasteiger partial charge in [0.15, 0.2) is 0 Å². The van der Waals surface area contributed by atoms with Crippen molar-refractivity contribution in [3.63, 3.8) is 0 Å². The number of ether oxygens (including phenoxy) is 1. The maximum atomic E-state index is 10.9. The molecule has 0 saturated carbocycles. The Balaban J connectivity index is 2.90. The first-order valence-corrected chi connectivity index (χ1v) is 5.04. The summed E-state index contributed by atoms with van der Waals surface area (Å²) in [5.74, 6) is -1.51. The third kappa shape index (κ3) is 3.88. The molecule has 0 atom stereocenters. The minimum Gasteiger partial charge on any atom is -0.478 e. The van der Waals surface area contributed by atoms with Crippen LogP contribution in [0.4, 0.5) is 0 Å². The summed E-state index contributed by atoms with van der Waals surface area (Å²) in [6, 6.07) is 1.25. The van der Waals surface area contributed by atoms with Gasteiger partial charge in [-0.3, -0.25) is 4.79 Å². The molecule has 0 bridgehead atoms. The van der Waals surface area contributed by atoms with Gasteiger partial charge in [-0.2, -0.15) is 0 Å². The van der Waals surface area contributed by atoms with Gasteiger partial charge in [-0.15, -0.1) is 0 Å². The Morgan fingerprint density at radius 2 is 2.29 bits per heavy atom. The van der Waals surface area contributed by atoms with Gasteiger partial charge in [0.05, 0.1) is 19.1 Å². The Labute approximate surface area is 103 Å². The third-order valence-electron chi connectivity index (χ3n) is 1.94. The molecule has 0 saturated heterocycles. The second-order valence-corrected chi connectivity index (χ2v) is 3.47. The standard InChI is InChI=1S/C11H10ClNO4/c1-17-10(14)4-2-3-7-6-13-9(12)5-8(7)11(15)16/h2-3,5-6H,4H2,1H3,(H,15,16). The van der Waals surface area contributed by atoms with E-state index in [1.54, 1.807) is 0 Å². The molecule has 1 N–H and O–H groups in total. The number of aromatic nitrogens is 1. The molecule has 90 valence electrons. The summed E-state index contributed by atoms with van der Waals surface area (Å²) >= 11 is 5.60. The molecular formula is C11H10ClNO4. The molecule has 0 aromatic carbocycles. The predicted molar refractivity (Wildman–Crippen MR) is 61.9 cm³/mol. The monoisotopic (exact) mass is 255 g/mol. The lowest BCUT2D eigenvalue weighted by Crippen LogP contribution is -2.01. The number of carbonyl (C=O) groups excluding carboxylic acids is 1. The summed E-state index contributed by atoms with van der Waals surface area (Å²) < 4.78 is 4.44. The van der Waals surface area contributed by atoms with E-state index in [2.05, 4.69) is 9.72 Å². The van der Waals surface area contributed by atoms with Crippen molar-refractivity contribution in [3.8, 4) is 0 Å². The number of esters is 1. The minimum atomic E-state index is -1.10. The van der Waals surface area contributed by atoms with E-state index < -0.39 is 11.9 Å². The molecule has 0 aliphatic carbocycles. The van der Waals surface area contributed by atoms with Crippen LogP contribution in [0, 0.1) is 0 Å². The van der Waals surface area contributed by atoms with E-state index in [1.165, 1.54) is 31.5 Å². The zero-order valence-corrected chi connectivity index (χ0v) is 9.77. The number of carboxylic acid groups (broad SMARTS) is 1. The number of nitrogens with zero attached hydrogens (tertiary/aromatic N) is 1. The van der Waals surface area contributed by atoms with Crippen LogP contribution in [0.1, 0.15) is 22.3 Å². The molecule has 1 rings (SSSR count). The van der Waals surface area contributed by atoms with E-state index >= 15 is 0 Å². The Bertz CT molecular complexity index is 471. The molecule has 0 aliphatic heterocycles. The van der Waals surface area contributed by atoms with Gasteiger partial charge < -0.3 is 9.84 Å². The minimum absolute atomic E-state index is 0.0334. The van der Waals surface area contributed by atoms with Gasteiger partial charge in [-0.05, 0) is 6.07 Å². The lowest BCUT2D eigenvalue weighted by atomic mass is 10.1. The molecule has 0 amide bonds. The van der Waals surface area contributed by atoms with Gasteiger partial charge in [0.1, 0.15) is 5.15 Å². The smallest absolute Gasteiger partial charge is 0.336 e. The van der Waals surface area contributed by atoms with Crippen molar-refractivity contribution in [2.45, 2.75) is 6.42 Å². The van der Waals surface area contributed by atoms with Crippen LogP contribution < -0.4 is 0 Å². The molecule has 1 heterocycles. The molecule has 0 unspecified atom stereocenters. The van der Waals surface area contributed by atoms with E-state index in [0.717, 1.165) is 0 Å². The molecule has 0 fully saturated rings. The van der Waals surface area contributed by atoms with Crippen molar-refractivity contribution in [1.29, 1.82) is 0 Å². The van der Waals surface area contributed by atoms with Gasteiger partial charge in [0.2, 0.25) is 0 Å². The molecule has 5 nitrogen and oxygen atoms in total. The molecule has 1 aromatic heterocycles. The van der Waals surface area contributed by atoms with Crippen LogP contribution in [0.2, 0.25) is 5.15 Å². The molecular weight excluding hydrogens is 246 g/mol. The van der Waals surface area contributed by atoms with E-state index in [1.807, 2.05) is 0 Å². The van der Waals surface area contributed by atoms with Gasteiger partial charge in [0.25, 0.3) is 0 Å². The van der Waals surface area contributed by atoms with Crippen LogP contribution in [0.3, 0.4) is 0 Å². The van der Waals surface area contributed by atoms with Crippen LogP contribution in [-0.2, 0) is 9.53 Å². The highest BCUT2D eigenvalue weighted by Gasteiger charge is 2.09. The lowest BCUT2D eigenvalue weighted by Gasteiger charge is -2.00. The molecule has 6 heteroatoms. The Morgan fingerprint density at radius 1 is 1.59 bits per heavy atom. The van der Waals surface area contributed by atoms with Gasteiger partial charge in [-0.25, -0.2) is 9.78 Å². The van der Waals surface area contributed by atoms with E-state index in [9.17, 15) is 9.59 Å². The van der Waals surface area contributed by atoms with Crippen molar-refractivity contribution < 1.29 is 19.4 Å². The van der Waals surface area contributed by atoms with E-state index in [4.69, 9.17) is 16.7 Å². The third-order valence-corrected chi connectivity index (χ3v) is 2.15. The van der Waals surface area contributed by atoms with Crippen LogP contribution in [0.25, 0.3) is 6.08 Å².